The number of hydrogen-bond donors (Lipinski definition) is 1. The Labute approximate surface area is 148 Å². The number of fused-ring (bicyclic) bond motifs is 1. The van der Waals surface area contributed by atoms with Crippen LogP contribution in [0.25, 0.3) is 0 Å². The maximum atomic E-state index is 5.93. The minimum atomic E-state index is -0.581. The molecule has 0 amide bonds. The Morgan fingerprint density at radius 3 is 2.09 bits per heavy atom. The summed E-state index contributed by atoms with van der Waals surface area (Å²) in [5, 5.41) is 3.83. The molecule has 0 aliphatic carbocycles. The smallest absolute Gasteiger partial charge is 0.197 e. The molecule has 0 radical (unpaired) electrons. The fourth-order valence-electron chi connectivity index (χ4n) is 3.44. The molecule has 11 heteroatoms. The van der Waals surface area contributed by atoms with E-state index in [9.17, 15) is 0 Å². The monoisotopic (exact) mass is 303 g/mol. The maximum Gasteiger partial charge on any atom is 0.197 e. The summed E-state index contributed by atoms with van der Waals surface area (Å²) in [5.41, 5.74) is 0.649. The Bertz CT molecular complexity index is 603. The molecule has 114 valence electrons. The Morgan fingerprint density at radius 1 is 1.00 bits per heavy atom. The lowest BCUT2D eigenvalue weighted by atomic mass is 9.35. The van der Waals surface area contributed by atoms with E-state index in [4.69, 9.17) is 9.47 Å². The normalized spacial score (nSPS) is 19.2. The zero-order valence-electron chi connectivity index (χ0n) is 16.3. The highest BCUT2D eigenvalue weighted by molar-refractivity contribution is 6.59. The van der Waals surface area contributed by atoms with Gasteiger partial charge in [-0.25, -0.2) is 0 Å². The molecule has 1 atom stereocenters. The summed E-state index contributed by atoms with van der Waals surface area (Å²) in [4.78, 5) is 0. The largest absolute Gasteiger partial charge is 0.467 e. The van der Waals surface area contributed by atoms with Crippen molar-refractivity contribution in [1.29, 1.82) is 0 Å². The zero-order valence-corrected chi connectivity index (χ0v) is 16.3. The van der Waals surface area contributed by atoms with Crippen molar-refractivity contribution < 1.29 is 9.47 Å². The van der Waals surface area contributed by atoms with Crippen molar-refractivity contribution in [2.75, 3.05) is 0 Å². The van der Waals surface area contributed by atoms with Crippen LogP contribution in [0, 0.1) is 0 Å². The number of benzene rings is 1. The average molecular weight is 302 g/mol. The molecule has 1 aromatic rings. The van der Waals surface area contributed by atoms with Crippen LogP contribution in [0.3, 0.4) is 0 Å². The van der Waals surface area contributed by atoms with Gasteiger partial charge in [0.25, 0.3) is 0 Å². The Kier molecular flexibility index (Phi) is 4.60. The lowest BCUT2D eigenvalue weighted by molar-refractivity contribution is 0.0833. The van der Waals surface area contributed by atoms with Gasteiger partial charge in [0.2, 0.25) is 0 Å². The Morgan fingerprint density at radius 2 is 1.57 bits per heavy atom. The molecule has 1 unspecified atom stereocenters. The van der Waals surface area contributed by atoms with Gasteiger partial charge in [-0.3, -0.25) is 0 Å². The van der Waals surface area contributed by atoms with Crippen molar-refractivity contribution in [2.24, 2.45) is 0 Å². The number of nitrogens with one attached hydrogen (secondary N) is 1. The molecule has 0 saturated heterocycles. The summed E-state index contributed by atoms with van der Waals surface area (Å²) in [6, 6.07) is 6.35. The van der Waals surface area contributed by atoms with Gasteiger partial charge in [-0.15, -0.1) is 0 Å². The van der Waals surface area contributed by atoms with Crippen molar-refractivity contribution in [2.45, 2.75) is 34.8 Å². The van der Waals surface area contributed by atoms with E-state index in [2.05, 4.69) is 71.5 Å². The summed E-state index contributed by atoms with van der Waals surface area (Å²) < 4.78 is 11.8. The Balaban J connectivity index is 2.40. The molecular weight excluding hydrogens is 277 g/mol. The average Bonchev–Trinajstić information content (AvgIpc) is 2.68. The SMILES string of the molecule is BC(B)(B)NC(B)(CC)C(B)(B)c1ccc2c(c1)OC(B)(B)O2. The van der Waals surface area contributed by atoms with E-state index >= 15 is 0 Å². The van der Waals surface area contributed by atoms with Gasteiger partial charge in [0.05, 0.1) is 0 Å². The summed E-state index contributed by atoms with van der Waals surface area (Å²) in [6.45, 7) is 2.25. The summed E-state index contributed by atoms with van der Waals surface area (Å²) >= 11 is 0. The molecular formula is C12H25B8NO2. The first-order chi connectivity index (χ1) is 10.3. The van der Waals surface area contributed by atoms with Crippen molar-refractivity contribution in [3.8, 4) is 11.5 Å². The van der Waals surface area contributed by atoms with E-state index in [-0.39, 0.29) is 15.9 Å². The van der Waals surface area contributed by atoms with E-state index in [0.29, 0.717) is 0 Å². The van der Waals surface area contributed by atoms with Crippen LogP contribution in [-0.4, -0.2) is 79.0 Å². The molecule has 1 aromatic carbocycles. The lowest BCUT2D eigenvalue weighted by Gasteiger charge is -2.50. The van der Waals surface area contributed by atoms with Gasteiger partial charge >= 0.3 is 0 Å². The molecule has 0 bridgehead atoms. The Hall–Kier alpha value is -0.701. The summed E-state index contributed by atoms with van der Waals surface area (Å²) in [6.07, 6.45) is 1.04. The molecule has 0 saturated carbocycles. The molecule has 3 nitrogen and oxygen atoms in total. The van der Waals surface area contributed by atoms with Crippen LogP contribution in [0.5, 0.6) is 11.5 Å². The van der Waals surface area contributed by atoms with E-state index in [1.807, 2.05) is 21.8 Å². The molecule has 23 heavy (non-hydrogen) atoms. The second kappa shape index (κ2) is 5.68. The van der Waals surface area contributed by atoms with Crippen molar-refractivity contribution in [3.05, 3.63) is 23.8 Å². The van der Waals surface area contributed by atoms with Gasteiger partial charge in [0.1, 0.15) is 47.1 Å². The van der Waals surface area contributed by atoms with Gasteiger partial charge in [0, 0.05) is 0 Å². The first-order valence-electron chi connectivity index (χ1n) is 8.62. The standard InChI is InChI=1S/C12H25B8NO2/c1-2-9(13,21-11(16,17)18)10(14,15)6-3-4-7-8(5-6)23-12(19,20)22-7/h3-5,21H,2,13-20H2,1H3. The molecule has 0 spiro atoms. The van der Waals surface area contributed by atoms with E-state index < -0.39 is 5.59 Å². The zero-order chi connectivity index (χ0) is 17.7. The maximum absolute atomic E-state index is 5.93. The molecule has 0 fully saturated rings. The van der Waals surface area contributed by atoms with E-state index in [1.54, 1.807) is 0 Å². The van der Waals surface area contributed by atoms with Crippen LogP contribution in [0.15, 0.2) is 18.2 Å². The lowest BCUT2D eigenvalue weighted by Crippen LogP contribution is -2.69. The highest BCUT2D eigenvalue weighted by Gasteiger charge is 2.43. The fourth-order valence-corrected chi connectivity index (χ4v) is 3.44. The third-order valence-corrected chi connectivity index (χ3v) is 5.11. The van der Waals surface area contributed by atoms with Gasteiger partial charge in [0.15, 0.2) is 32.8 Å². The highest BCUT2D eigenvalue weighted by atomic mass is 16.7. The first-order valence-corrected chi connectivity index (χ1v) is 8.62. The third kappa shape index (κ3) is 3.70. The topological polar surface area (TPSA) is 30.5 Å². The minimum absolute atomic E-state index is 0.0333. The van der Waals surface area contributed by atoms with Gasteiger partial charge in [-0.1, -0.05) is 29.0 Å². The summed E-state index contributed by atoms with van der Waals surface area (Å²) in [5.74, 6) is 1.67. The molecule has 2 rings (SSSR count). The quantitative estimate of drug-likeness (QED) is 0.549. The molecule has 1 N–H and O–H groups in total. The second-order valence-corrected chi connectivity index (χ2v) is 8.95. The minimum Gasteiger partial charge on any atom is -0.467 e. The molecule has 0 aromatic heterocycles. The van der Waals surface area contributed by atoms with Crippen LogP contribution in [-0.2, 0) is 5.21 Å². The van der Waals surface area contributed by atoms with Crippen LogP contribution >= 0.6 is 0 Å². The predicted molar refractivity (Wildman–Crippen MR) is 119 cm³/mol. The number of ether oxygens (including phenoxy) is 2. The van der Waals surface area contributed by atoms with Crippen LogP contribution in [0.2, 0.25) is 0 Å². The predicted octanol–water partition coefficient (Wildman–Crippen LogP) is -6.41. The van der Waals surface area contributed by atoms with Gasteiger partial charge in [-0.2, -0.15) is 0 Å². The highest BCUT2D eigenvalue weighted by Crippen LogP contribution is 2.41. The van der Waals surface area contributed by atoms with Crippen LogP contribution < -0.4 is 14.8 Å². The molecule has 1 heterocycles. The van der Waals surface area contributed by atoms with Crippen molar-refractivity contribution >= 4 is 62.8 Å². The number of rotatable bonds is 5. The van der Waals surface area contributed by atoms with Crippen LogP contribution in [0.1, 0.15) is 18.9 Å². The summed E-state index contributed by atoms with van der Waals surface area (Å²) in [7, 11) is 17.5. The van der Waals surface area contributed by atoms with Crippen molar-refractivity contribution in [1.82, 2.24) is 5.32 Å². The van der Waals surface area contributed by atoms with E-state index in [1.165, 1.54) is 5.56 Å². The third-order valence-electron chi connectivity index (χ3n) is 5.11. The van der Waals surface area contributed by atoms with Gasteiger partial charge in [-0.05, 0) is 24.0 Å². The van der Waals surface area contributed by atoms with Crippen molar-refractivity contribution in [3.63, 3.8) is 0 Å². The molecule has 1 aliphatic heterocycles. The first kappa shape index (κ1) is 18.6. The molecule has 1 aliphatic rings. The van der Waals surface area contributed by atoms with Crippen LogP contribution in [0.4, 0.5) is 0 Å². The fraction of sp³-hybridized carbons (Fsp3) is 0.500. The number of hydrogen-bond acceptors (Lipinski definition) is 3. The van der Waals surface area contributed by atoms with E-state index in [0.717, 1.165) is 17.9 Å². The van der Waals surface area contributed by atoms with Gasteiger partial charge < -0.3 is 14.8 Å². The second-order valence-electron chi connectivity index (χ2n) is 8.95.